The fourth-order valence-corrected chi connectivity index (χ4v) is 1.48. The summed E-state index contributed by atoms with van der Waals surface area (Å²) in [5.41, 5.74) is 0. The summed E-state index contributed by atoms with van der Waals surface area (Å²) in [6, 6.07) is -2.00. The van der Waals surface area contributed by atoms with E-state index in [2.05, 4.69) is 15.6 Å². The highest BCUT2D eigenvalue weighted by atomic mass is 16.4. The fraction of sp³-hybridized carbons (Fsp3) is 0.500. The molecular weight excluding hydrogens is 282 g/mol. The van der Waals surface area contributed by atoms with E-state index >= 15 is 0 Å². The largest absolute Gasteiger partial charge is 0.481 e. The lowest BCUT2D eigenvalue weighted by Crippen LogP contribution is -2.46. The van der Waals surface area contributed by atoms with Gasteiger partial charge in [-0.15, -0.1) is 0 Å². The van der Waals surface area contributed by atoms with Gasteiger partial charge in [0.05, 0.1) is 12.7 Å². The molecule has 0 radical (unpaired) electrons. The van der Waals surface area contributed by atoms with Crippen LogP contribution in [0.25, 0.3) is 0 Å². The van der Waals surface area contributed by atoms with Gasteiger partial charge >= 0.3 is 18.0 Å². The molecule has 116 valence electrons. The van der Waals surface area contributed by atoms with E-state index in [-0.39, 0.29) is 19.4 Å². The van der Waals surface area contributed by atoms with Gasteiger partial charge in [0.15, 0.2) is 0 Å². The fourth-order valence-electron chi connectivity index (χ4n) is 1.48. The molecule has 0 spiro atoms. The molecule has 0 bridgehead atoms. The highest BCUT2D eigenvalue weighted by Gasteiger charge is 2.20. The topological polar surface area (TPSA) is 142 Å². The summed E-state index contributed by atoms with van der Waals surface area (Å²) in [6.07, 6.45) is 1.67. The molecule has 1 atom stereocenters. The van der Waals surface area contributed by atoms with Crippen LogP contribution in [-0.4, -0.2) is 39.2 Å². The number of carbonyl (C=O) groups is 3. The minimum atomic E-state index is -1.30. The van der Waals surface area contributed by atoms with Crippen molar-refractivity contribution in [3.63, 3.8) is 0 Å². The third-order valence-corrected chi connectivity index (χ3v) is 2.60. The van der Waals surface area contributed by atoms with Gasteiger partial charge in [0, 0.05) is 12.8 Å². The monoisotopic (exact) mass is 299 g/mol. The van der Waals surface area contributed by atoms with Crippen LogP contribution >= 0.6 is 0 Å². The quantitative estimate of drug-likeness (QED) is 0.542. The number of hydrogen-bond acceptors (Lipinski definition) is 5. The molecule has 0 aromatic carbocycles. The maximum absolute atomic E-state index is 11.5. The molecule has 9 nitrogen and oxygen atoms in total. The van der Waals surface area contributed by atoms with Gasteiger partial charge in [-0.3, -0.25) is 4.79 Å². The summed E-state index contributed by atoms with van der Waals surface area (Å²) in [6.45, 7) is 1.90. The van der Waals surface area contributed by atoms with Crippen LogP contribution in [0.1, 0.15) is 31.4 Å². The van der Waals surface area contributed by atoms with Gasteiger partial charge in [-0.05, 0) is 6.42 Å². The lowest BCUT2D eigenvalue weighted by atomic mass is 10.1. The Morgan fingerprint density at radius 1 is 1.38 bits per heavy atom. The molecule has 9 heteroatoms. The van der Waals surface area contributed by atoms with E-state index in [4.69, 9.17) is 14.6 Å². The zero-order valence-corrected chi connectivity index (χ0v) is 11.5. The van der Waals surface area contributed by atoms with Crippen molar-refractivity contribution in [1.82, 2.24) is 15.6 Å². The van der Waals surface area contributed by atoms with Crippen molar-refractivity contribution >= 4 is 18.0 Å². The summed E-state index contributed by atoms with van der Waals surface area (Å²) in [5.74, 6) is -1.44. The van der Waals surface area contributed by atoms with Crippen molar-refractivity contribution in [3.05, 3.63) is 17.8 Å². The molecule has 1 aromatic heterocycles. The first-order valence-electron chi connectivity index (χ1n) is 6.35. The van der Waals surface area contributed by atoms with Gasteiger partial charge in [0.25, 0.3) is 0 Å². The molecule has 1 heterocycles. The minimum Gasteiger partial charge on any atom is -0.481 e. The Kier molecular flexibility index (Phi) is 6.18. The number of nitrogens with zero attached hydrogens (tertiary/aromatic N) is 1. The van der Waals surface area contributed by atoms with E-state index in [1.165, 1.54) is 0 Å². The zero-order chi connectivity index (χ0) is 15.8. The number of nitrogens with one attached hydrogen (secondary N) is 2. The molecule has 0 aliphatic heterocycles. The first-order chi connectivity index (χ1) is 9.92. The van der Waals surface area contributed by atoms with E-state index in [0.29, 0.717) is 18.1 Å². The van der Waals surface area contributed by atoms with Crippen molar-refractivity contribution in [2.45, 2.75) is 38.8 Å². The van der Waals surface area contributed by atoms with E-state index in [1.807, 2.05) is 6.92 Å². The minimum absolute atomic E-state index is 0.0110. The Labute approximate surface area is 120 Å². The van der Waals surface area contributed by atoms with Crippen LogP contribution in [0.2, 0.25) is 0 Å². The van der Waals surface area contributed by atoms with Crippen LogP contribution in [-0.2, 0) is 22.6 Å². The van der Waals surface area contributed by atoms with Crippen LogP contribution < -0.4 is 10.6 Å². The molecule has 1 aromatic rings. The van der Waals surface area contributed by atoms with E-state index < -0.39 is 24.0 Å². The third kappa shape index (κ3) is 5.93. The molecule has 0 unspecified atom stereocenters. The van der Waals surface area contributed by atoms with Crippen LogP contribution in [0.4, 0.5) is 4.79 Å². The molecule has 0 saturated carbocycles. The number of amides is 2. The molecule has 21 heavy (non-hydrogen) atoms. The number of urea groups is 1. The number of hydrogen-bond donors (Lipinski definition) is 4. The number of aryl methyl sites for hydroxylation is 1. The highest BCUT2D eigenvalue weighted by Crippen LogP contribution is 2.03. The summed E-state index contributed by atoms with van der Waals surface area (Å²) in [5, 5.41) is 22.0. The molecule has 0 aliphatic carbocycles. The number of aromatic nitrogens is 1. The van der Waals surface area contributed by atoms with Crippen LogP contribution in [0.15, 0.2) is 10.6 Å². The Bertz CT molecular complexity index is 513. The second-order valence-electron chi connectivity index (χ2n) is 4.22. The Morgan fingerprint density at radius 2 is 2.10 bits per heavy atom. The van der Waals surface area contributed by atoms with E-state index in [0.717, 1.165) is 0 Å². The number of aliphatic carboxylic acids is 2. The average molecular weight is 299 g/mol. The molecule has 4 N–H and O–H groups in total. The molecule has 1 rings (SSSR count). The lowest BCUT2D eigenvalue weighted by Gasteiger charge is -2.13. The standard InChI is InChI=1S/C12H17N3O6/c1-2-7-5-13-9(21-7)6-14-12(20)15-8(11(18)19)3-4-10(16)17/h5,8H,2-4,6H2,1H3,(H,16,17)(H,18,19)(H2,14,15,20)/t8-/m0/s1. The smallest absolute Gasteiger partial charge is 0.326 e. The Balaban J connectivity index is 2.42. The maximum atomic E-state index is 11.5. The average Bonchev–Trinajstić information content (AvgIpc) is 2.88. The summed E-state index contributed by atoms with van der Waals surface area (Å²) < 4.78 is 5.27. The molecule has 0 aliphatic rings. The molecule has 0 fully saturated rings. The maximum Gasteiger partial charge on any atom is 0.326 e. The van der Waals surface area contributed by atoms with E-state index in [9.17, 15) is 14.4 Å². The van der Waals surface area contributed by atoms with E-state index in [1.54, 1.807) is 6.20 Å². The van der Waals surface area contributed by atoms with Crippen molar-refractivity contribution in [3.8, 4) is 0 Å². The van der Waals surface area contributed by atoms with Crippen molar-refractivity contribution in [2.24, 2.45) is 0 Å². The van der Waals surface area contributed by atoms with Gasteiger partial charge in [-0.25, -0.2) is 14.6 Å². The van der Waals surface area contributed by atoms with Crippen molar-refractivity contribution in [2.75, 3.05) is 0 Å². The van der Waals surface area contributed by atoms with Gasteiger partial charge in [-0.2, -0.15) is 0 Å². The summed E-state index contributed by atoms with van der Waals surface area (Å²) in [4.78, 5) is 36.8. The normalized spacial score (nSPS) is 11.7. The number of carboxylic acid groups (broad SMARTS) is 2. The summed E-state index contributed by atoms with van der Waals surface area (Å²) >= 11 is 0. The van der Waals surface area contributed by atoms with Crippen LogP contribution in [0.3, 0.4) is 0 Å². The van der Waals surface area contributed by atoms with Gasteiger partial charge in [0.2, 0.25) is 5.89 Å². The van der Waals surface area contributed by atoms with Crippen molar-refractivity contribution < 1.29 is 29.0 Å². The molecule has 0 saturated heterocycles. The predicted molar refractivity (Wildman–Crippen MR) is 69.5 cm³/mol. The highest BCUT2D eigenvalue weighted by molar-refractivity contribution is 5.82. The first-order valence-corrected chi connectivity index (χ1v) is 6.35. The van der Waals surface area contributed by atoms with Crippen LogP contribution in [0.5, 0.6) is 0 Å². The first kappa shape index (κ1) is 16.5. The second kappa shape index (κ2) is 7.88. The molecular formula is C12H17N3O6. The second-order valence-corrected chi connectivity index (χ2v) is 4.22. The Hall–Kier alpha value is -2.58. The van der Waals surface area contributed by atoms with Gasteiger partial charge in [-0.1, -0.05) is 6.92 Å². The zero-order valence-electron chi connectivity index (χ0n) is 11.5. The number of oxazole rings is 1. The van der Waals surface area contributed by atoms with Gasteiger partial charge < -0.3 is 25.3 Å². The van der Waals surface area contributed by atoms with Crippen molar-refractivity contribution in [1.29, 1.82) is 0 Å². The number of carboxylic acids is 2. The SMILES string of the molecule is CCc1cnc(CNC(=O)N[C@@H](CCC(=O)O)C(=O)O)o1. The summed E-state index contributed by atoms with van der Waals surface area (Å²) in [7, 11) is 0. The molecule has 2 amide bonds. The lowest BCUT2D eigenvalue weighted by molar-refractivity contribution is -0.140. The van der Waals surface area contributed by atoms with Crippen LogP contribution in [0, 0.1) is 0 Å². The Morgan fingerprint density at radius 3 is 2.62 bits per heavy atom. The van der Waals surface area contributed by atoms with Gasteiger partial charge in [0.1, 0.15) is 11.8 Å². The number of carbonyl (C=O) groups excluding carboxylic acids is 1. The number of rotatable bonds is 8. The third-order valence-electron chi connectivity index (χ3n) is 2.60. The predicted octanol–water partition coefficient (Wildman–Crippen LogP) is 0.354.